The van der Waals surface area contributed by atoms with Crippen LogP contribution in [0.4, 0.5) is 0 Å². The molecule has 0 heterocycles. The van der Waals surface area contributed by atoms with Gasteiger partial charge in [-0.25, -0.2) is 0 Å². The zero-order valence-corrected chi connectivity index (χ0v) is 17.0. The van der Waals surface area contributed by atoms with Crippen molar-refractivity contribution in [3.63, 3.8) is 0 Å². The Hall–Kier alpha value is -2.86. The fourth-order valence-electron chi connectivity index (χ4n) is 3.22. The minimum absolute atomic E-state index is 0.0601. The molecule has 29 heavy (non-hydrogen) atoms. The Labute approximate surface area is 173 Å². The molecule has 2 aromatic rings. The van der Waals surface area contributed by atoms with E-state index in [-0.39, 0.29) is 17.9 Å². The molecule has 0 unspecified atom stereocenters. The van der Waals surface area contributed by atoms with Gasteiger partial charge >= 0.3 is 0 Å². The summed E-state index contributed by atoms with van der Waals surface area (Å²) in [6.07, 6.45) is 4.81. The molecule has 0 saturated heterocycles. The van der Waals surface area contributed by atoms with Crippen LogP contribution in [0, 0.1) is 0 Å². The number of aryl methyl sites for hydroxylation is 2. The van der Waals surface area contributed by atoms with Crippen LogP contribution in [0.1, 0.15) is 36.8 Å². The van der Waals surface area contributed by atoms with Crippen molar-refractivity contribution in [3.05, 3.63) is 71.8 Å². The second kappa shape index (κ2) is 12.6. The number of nitrogens with two attached hydrogens (primary N) is 3. The fraction of sp³-hybridized carbons (Fsp3) is 0.391. The number of guanidine groups is 1. The average molecular weight is 396 g/mol. The van der Waals surface area contributed by atoms with Crippen LogP contribution in [0.2, 0.25) is 0 Å². The van der Waals surface area contributed by atoms with Crippen LogP contribution in [-0.4, -0.2) is 30.5 Å². The van der Waals surface area contributed by atoms with E-state index in [1.165, 1.54) is 11.1 Å². The SMILES string of the molecule is NC(N)=NCCC[C@H](N)C(=O)NC(CCc1ccccc1)CCc1ccccc1. The molecule has 0 fully saturated rings. The zero-order chi connectivity index (χ0) is 20.9. The van der Waals surface area contributed by atoms with Gasteiger partial charge in [-0.05, 0) is 49.7 Å². The number of hydrogen-bond acceptors (Lipinski definition) is 3. The van der Waals surface area contributed by atoms with Gasteiger partial charge in [0.25, 0.3) is 0 Å². The third-order valence-electron chi connectivity index (χ3n) is 4.90. The summed E-state index contributed by atoms with van der Waals surface area (Å²) >= 11 is 0. The molecule has 0 bridgehead atoms. The molecular weight excluding hydrogens is 362 g/mol. The van der Waals surface area contributed by atoms with E-state index >= 15 is 0 Å². The van der Waals surface area contributed by atoms with Crippen molar-refractivity contribution in [1.29, 1.82) is 0 Å². The Kier molecular flexibility index (Phi) is 9.72. The lowest BCUT2D eigenvalue weighted by Gasteiger charge is -2.21. The van der Waals surface area contributed by atoms with E-state index in [1.807, 2.05) is 36.4 Å². The molecule has 0 aliphatic rings. The predicted octanol–water partition coefficient (Wildman–Crippen LogP) is 2.12. The van der Waals surface area contributed by atoms with Crippen LogP contribution in [0.25, 0.3) is 0 Å². The number of rotatable bonds is 12. The highest BCUT2D eigenvalue weighted by Crippen LogP contribution is 2.12. The van der Waals surface area contributed by atoms with Gasteiger partial charge in [0.2, 0.25) is 5.91 Å². The topological polar surface area (TPSA) is 120 Å². The summed E-state index contributed by atoms with van der Waals surface area (Å²) in [5.41, 5.74) is 19.2. The summed E-state index contributed by atoms with van der Waals surface area (Å²) in [5, 5.41) is 3.16. The molecule has 0 aliphatic heterocycles. The lowest BCUT2D eigenvalue weighted by molar-refractivity contribution is -0.123. The van der Waals surface area contributed by atoms with E-state index in [2.05, 4.69) is 34.6 Å². The van der Waals surface area contributed by atoms with Crippen LogP contribution in [0.3, 0.4) is 0 Å². The Morgan fingerprint density at radius 3 is 1.86 bits per heavy atom. The molecule has 0 radical (unpaired) electrons. The van der Waals surface area contributed by atoms with Crippen LogP contribution in [0.15, 0.2) is 65.7 Å². The third kappa shape index (κ3) is 9.25. The zero-order valence-electron chi connectivity index (χ0n) is 17.0. The van der Waals surface area contributed by atoms with Gasteiger partial charge in [0.1, 0.15) is 0 Å². The van der Waals surface area contributed by atoms with Gasteiger partial charge < -0.3 is 22.5 Å². The number of nitrogens with one attached hydrogen (secondary N) is 1. The Bertz CT molecular complexity index is 701. The van der Waals surface area contributed by atoms with Crippen molar-refractivity contribution in [2.45, 2.75) is 50.6 Å². The van der Waals surface area contributed by atoms with Gasteiger partial charge in [0.15, 0.2) is 5.96 Å². The molecule has 7 N–H and O–H groups in total. The first-order valence-electron chi connectivity index (χ1n) is 10.2. The number of carbonyl (C=O) groups is 1. The van der Waals surface area contributed by atoms with Gasteiger partial charge in [-0.15, -0.1) is 0 Å². The van der Waals surface area contributed by atoms with Crippen LogP contribution < -0.4 is 22.5 Å². The molecule has 0 spiro atoms. The Morgan fingerprint density at radius 1 is 0.862 bits per heavy atom. The van der Waals surface area contributed by atoms with Gasteiger partial charge in [0, 0.05) is 12.6 Å². The molecule has 6 nitrogen and oxygen atoms in total. The summed E-state index contributed by atoms with van der Waals surface area (Å²) in [6.45, 7) is 0.481. The Balaban J connectivity index is 1.88. The largest absolute Gasteiger partial charge is 0.370 e. The van der Waals surface area contributed by atoms with Crippen molar-refractivity contribution in [3.8, 4) is 0 Å². The average Bonchev–Trinajstić information content (AvgIpc) is 2.74. The van der Waals surface area contributed by atoms with Crippen molar-refractivity contribution in [2.75, 3.05) is 6.54 Å². The molecule has 0 aliphatic carbocycles. The molecule has 1 amide bonds. The monoisotopic (exact) mass is 395 g/mol. The summed E-state index contributed by atoms with van der Waals surface area (Å²) in [4.78, 5) is 16.5. The highest BCUT2D eigenvalue weighted by Gasteiger charge is 2.18. The number of benzene rings is 2. The first kappa shape index (κ1) is 22.4. The number of nitrogens with zero attached hydrogens (tertiary/aromatic N) is 1. The second-order valence-electron chi connectivity index (χ2n) is 7.31. The van der Waals surface area contributed by atoms with Crippen molar-refractivity contribution in [1.82, 2.24) is 5.32 Å². The second-order valence-corrected chi connectivity index (χ2v) is 7.31. The molecule has 2 aromatic carbocycles. The molecule has 1 atom stereocenters. The number of hydrogen-bond donors (Lipinski definition) is 4. The maximum absolute atomic E-state index is 12.6. The lowest BCUT2D eigenvalue weighted by Crippen LogP contribution is -2.45. The Morgan fingerprint density at radius 2 is 1.38 bits per heavy atom. The van der Waals surface area contributed by atoms with E-state index in [9.17, 15) is 4.79 Å². The lowest BCUT2D eigenvalue weighted by atomic mass is 9.98. The van der Waals surface area contributed by atoms with Crippen LogP contribution in [0.5, 0.6) is 0 Å². The summed E-state index contributed by atoms with van der Waals surface area (Å²) in [5.74, 6) is -0.0502. The fourth-order valence-corrected chi connectivity index (χ4v) is 3.22. The van der Waals surface area contributed by atoms with Gasteiger partial charge in [-0.1, -0.05) is 60.7 Å². The van der Waals surface area contributed by atoms with Gasteiger partial charge in [-0.3, -0.25) is 9.79 Å². The minimum Gasteiger partial charge on any atom is -0.370 e. The molecule has 0 aromatic heterocycles. The molecule has 6 heteroatoms. The van der Waals surface area contributed by atoms with Crippen LogP contribution in [-0.2, 0) is 17.6 Å². The molecule has 156 valence electrons. The standard InChI is InChI=1S/C23H33N5O/c24-21(12-7-17-27-23(25)26)22(29)28-20(15-13-18-8-3-1-4-9-18)16-14-19-10-5-2-6-11-19/h1-6,8-11,20-21H,7,12-17,24H2,(H,28,29)(H4,25,26,27)/t21-/m0/s1. The van der Waals surface area contributed by atoms with Gasteiger partial charge in [0.05, 0.1) is 6.04 Å². The summed E-state index contributed by atoms with van der Waals surface area (Å²) in [6, 6.07) is 20.2. The maximum atomic E-state index is 12.6. The first-order chi connectivity index (χ1) is 14.0. The van der Waals surface area contributed by atoms with E-state index in [1.54, 1.807) is 0 Å². The quantitative estimate of drug-likeness (QED) is 0.250. The number of aliphatic imine (C=N–C) groups is 1. The highest BCUT2D eigenvalue weighted by atomic mass is 16.2. The smallest absolute Gasteiger partial charge is 0.237 e. The van der Waals surface area contributed by atoms with Crippen molar-refractivity contribution >= 4 is 11.9 Å². The summed E-state index contributed by atoms with van der Waals surface area (Å²) < 4.78 is 0. The third-order valence-corrected chi connectivity index (χ3v) is 4.90. The predicted molar refractivity (Wildman–Crippen MR) is 119 cm³/mol. The normalized spacial score (nSPS) is 11.8. The van der Waals surface area contributed by atoms with E-state index in [4.69, 9.17) is 17.2 Å². The molecule has 0 saturated carbocycles. The highest BCUT2D eigenvalue weighted by molar-refractivity contribution is 5.81. The minimum atomic E-state index is -0.555. The molecular formula is C23H33N5O. The summed E-state index contributed by atoms with van der Waals surface area (Å²) in [7, 11) is 0. The van der Waals surface area contributed by atoms with E-state index < -0.39 is 6.04 Å². The van der Waals surface area contributed by atoms with Gasteiger partial charge in [-0.2, -0.15) is 0 Å². The first-order valence-corrected chi connectivity index (χ1v) is 10.2. The van der Waals surface area contributed by atoms with Crippen LogP contribution >= 0.6 is 0 Å². The van der Waals surface area contributed by atoms with E-state index in [0.717, 1.165) is 25.7 Å². The van der Waals surface area contributed by atoms with Crippen molar-refractivity contribution in [2.24, 2.45) is 22.2 Å². The molecule has 2 rings (SSSR count). The number of amides is 1. The van der Waals surface area contributed by atoms with Crippen molar-refractivity contribution < 1.29 is 4.79 Å². The number of carbonyl (C=O) groups excluding carboxylic acids is 1. The van der Waals surface area contributed by atoms with E-state index in [0.29, 0.717) is 19.4 Å². The maximum Gasteiger partial charge on any atom is 0.237 e.